The lowest BCUT2D eigenvalue weighted by Gasteiger charge is -2.35. The Balaban J connectivity index is 1.56. The molecule has 42 heavy (non-hydrogen) atoms. The highest BCUT2D eigenvalue weighted by Gasteiger charge is 2.20. The second-order valence-corrected chi connectivity index (χ2v) is 11.0. The maximum atomic E-state index is 13.1. The molecule has 0 atom stereocenters. The van der Waals surface area contributed by atoms with E-state index in [1.165, 1.54) is 0 Å². The van der Waals surface area contributed by atoms with Crippen molar-refractivity contribution >= 4 is 34.6 Å². The van der Waals surface area contributed by atoms with E-state index in [4.69, 9.17) is 26.2 Å². The largest absolute Gasteiger partial charge is 0.383 e. The Morgan fingerprint density at radius 1 is 1.14 bits per heavy atom. The summed E-state index contributed by atoms with van der Waals surface area (Å²) in [6.45, 7) is 14.8. The van der Waals surface area contributed by atoms with Crippen molar-refractivity contribution in [2.75, 3.05) is 62.0 Å². The second kappa shape index (κ2) is 13.6. The molecular formula is C32H42N8O2. The monoisotopic (exact) mass is 570 g/mol. The molecule has 222 valence electrons. The Hall–Kier alpha value is -4.25. The smallest absolute Gasteiger partial charge is 0.255 e. The number of hydrogen-bond donors (Lipinski definition) is 4. The summed E-state index contributed by atoms with van der Waals surface area (Å²) in [5, 5.41) is 6.09. The lowest BCUT2D eigenvalue weighted by Crippen LogP contribution is -2.47. The zero-order valence-corrected chi connectivity index (χ0v) is 25.0. The van der Waals surface area contributed by atoms with Crippen LogP contribution in [0.3, 0.4) is 0 Å². The van der Waals surface area contributed by atoms with E-state index >= 15 is 0 Å². The Kier molecular flexibility index (Phi) is 9.95. The number of nitrogens with one attached hydrogen (secondary N) is 2. The first-order chi connectivity index (χ1) is 20.1. The maximum Gasteiger partial charge on any atom is 0.255 e. The minimum atomic E-state index is -0.553. The molecule has 1 aliphatic heterocycles. The van der Waals surface area contributed by atoms with Crippen LogP contribution in [-0.4, -0.2) is 68.1 Å². The number of aliphatic imine (C=N–C) groups is 1. The average Bonchev–Trinajstić information content (AvgIpc) is 2.98. The van der Waals surface area contributed by atoms with E-state index < -0.39 is 5.54 Å². The molecule has 0 bridgehead atoms. The molecular weight excluding hydrogens is 528 g/mol. The van der Waals surface area contributed by atoms with Gasteiger partial charge >= 0.3 is 0 Å². The number of anilines is 3. The van der Waals surface area contributed by atoms with Crippen molar-refractivity contribution < 1.29 is 9.53 Å². The number of aryl methyl sites for hydroxylation is 1. The maximum absolute atomic E-state index is 13.1. The first-order valence-corrected chi connectivity index (χ1v) is 14.1. The van der Waals surface area contributed by atoms with Crippen LogP contribution in [-0.2, 0) is 10.3 Å². The molecule has 0 spiro atoms. The number of rotatable bonds is 11. The Labute approximate surface area is 248 Å². The summed E-state index contributed by atoms with van der Waals surface area (Å²) in [5.74, 6) is 0.858. The summed E-state index contributed by atoms with van der Waals surface area (Å²) in [7, 11) is 1.73. The molecule has 2 heterocycles. The van der Waals surface area contributed by atoms with Crippen LogP contribution in [0.4, 0.5) is 22.9 Å². The van der Waals surface area contributed by atoms with E-state index in [0.717, 1.165) is 56.3 Å². The molecule has 3 aromatic rings. The predicted octanol–water partition coefficient (Wildman–Crippen LogP) is 4.20. The lowest BCUT2D eigenvalue weighted by molar-refractivity contribution is 0.102. The number of ether oxygens (including phenoxy) is 1. The third kappa shape index (κ3) is 7.73. The van der Waals surface area contributed by atoms with Gasteiger partial charge in [-0.05, 0) is 74.5 Å². The Morgan fingerprint density at radius 2 is 1.90 bits per heavy atom. The molecule has 2 aromatic carbocycles. The summed E-state index contributed by atoms with van der Waals surface area (Å²) >= 11 is 0. The van der Waals surface area contributed by atoms with Gasteiger partial charge < -0.3 is 31.7 Å². The molecule has 0 aliphatic carbocycles. The fourth-order valence-corrected chi connectivity index (χ4v) is 4.72. The molecule has 0 unspecified atom stereocenters. The number of amidine groups is 1. The van der Waals surface area contributed by atoms with E-state index in [-0.39, 0.29) is 11.7 Å². The Bertz CT molecular complexity index is 1440. The summed E-state index contributed by atoms with van der Waals surface area (Å²) < 4.78 is 5.22. The van der Waals surface area contributed by atoms with Crippen LogP contribution in [0.5, 0.6) is 0 Å². The van der Waals surface area contributed by atoms with Crippen LogP contribution in [0.1, 0.15) is 41.0 Å². The highest BCUT2D eigenvalue weighted by atomic mass is 16.5. The molecule has 1 saturated heterocycles. The lowest BCUT2D eigenvalue weighted by atomic mass is 9.94. The van der Waals surface area contributed by atoms with E-state index in [9.17, 15) is 4.79 Å². The van der Waals surface area contributed by atoms with Gasteiger partial charge in [-0.2, -0.15) is 0 Å². The third-order valence-corrected chi connectivity index (χ3v) is 7.27. The van der Waals surface area contributed by atoms with Gasteiger partial charge in [-0.15, -0.1) is 0 Å². The second-order valence-electron chi connectivity index (χ2n) is 11.0. The van der Waals surface area contributed by atoms with Gasteiger partial charge in [0.1, 0.15) is 11.5 Å². The first kappa shape index (κ1) is 30.7. The van der Waals surface area contributed by atoms with E-state index in [0.29, 0.717) is 28.3 Å². The number of pyridine rings is 1. The molecule has 10 nitrogen and oxygen atoms in total. The molecule has 4 rings (SSSR count). The van der Waals surface area contributed by atoms with Crippen molar-refractivity contribution in [3.05, 3.63) is 89.8 Å². The standard InChI is InChI=1S/C32H42N8O2/c1-6-35-26-12-13-28(40-16-14-39(15-17-40)18-19-42-5)38-29(26)30(33)37-27-21-25(11-10-22(27)2)36-31(41)23-8-7-9-24(20-23)32(3,4)34/h6-13,20-21,35H,1,14-19,34H2,2-5H3,(H2,33,37)(H,36,41). The quantitative estimate of drug-likeness (QED) is 0.199. The van der Waals surface area contributed by atoms with E-state index in [1.54, 1.807) is 25.4 Å². The normalized spacial score (nSPS) is 14.5. The molecule has 1 aliphatic rings. The number of hydrogen-bond acceptors (Lipinski definition) is 8. The fraction of sp³-hybridized carbons (Fsp3) is 0.344. The predicted molar refractivity (Wildman–Crippen MR) is 172 cm³/mol. The van der Waals surface area contributed by atoms with Gasteiger partial charge in [0.2, 0.25) is 0 Å². The number of benzene rings is 2. The summed E-state index contributed by atoms with van der Waals surface area (Å²) in [5.41, 5.74) is 17.0. The van der Waals surface area contributed by atoms with Gasteiger partial charge in [-0.3, -0.25) is 9.69 Å². The van der Waals surface area contributed by atoms with Crippen molar-refractivity contribution in [2.24, 2.45) is 16.5 Å². The molecule has 0 radical (unpaired) electrons. The number of nitrogens with two attached hydrogens (primary N) is 2. The molecule has 0 saturated carbocycles. The number of piperazine rings is 1. The van der Waals surface area contributed by atoms with Gasteiger partial charge in [0, 0.05) is 56.6 Å². The van der Waals surface area contributed by atoms with Crippen molar-refractivity contribution in [1.29, 1.82) is 0 Å². The summed E-state index contributed by atoms with van der Waals surface area (Å²) in [4.78, 5) is 27.3. The number of carbonyl (C=O) groups excluding carboxylic acids is 1. The Morgan fingerprint density at radius 3 is 2.60 bits per heavy atom. The third-order valence-electron chi connectivity index (χ3n) is 7.27. The minimum Gasteiger partial charge on any atom is -0.383 e. The number of amides is 1. The molecule has 1 amide bonds. The van der Waals surface area contributed by atoms with Crippen LogP contribution in [0, 0.1) is 6.92 Å². The topological polar surface area (TPSA) is 134 Å². The SMILES string of the molecule is C=CNc1ccc(N2CCN(CCOC)CC2)nc1C(N)=Nc1cc(NC(=O)c2cccc(C(C)(C)N)c2)ccc1C. The molecule has 10 heteroatoms. The van der Waals surface area contributed by atoms with Crippen LogP contribution >= 0.6 is 0 Å². The first-order valence-electron chi connectivity index (χ1n) is 14.1. The number of methoxy groups -OCH3 is 1. The van der Waals surface area contributed by atoms with Crippen LogP contribution in [0.2, 0.25) is 0 Å². The minimum absolute atomic E-state index is 0.234. The van der Waals surface area contributed by atoms with Crippen molar-refractivity contribution in [2.45, 2.75) is 26.3 Å². The van der Waals surface area contributed by atoms with Crippen molar-refractivity contribution in [1.82, 2.24) is 9.88 Å². The fourth-order valence-electron chi connectivity index (χ4n) is 4.72. The van der Waals surface area contributed by atoms with Gasteiger partial charge in [0.15, 0.2) is 5.84 Å². The highest BCUT2D eigenvalue weighted by Crippen LogP contribution is 2.27. The van der Waals surface area contributed by atoms with Gasteiger partial charge in [0.05, 0.1) is 18.0 Å². The zero-order valence-electron chi connectivity index (χ0n) is 25.0. The van der Waals surface area contributed by atoms with E-state index in [2.05, 4.69) is 27.0 Å². The average molecular weight is 571 g/mol. The van der Waals surface area contributed by atoms with E-state index in [1.807, 2.05) is 63.2 Å². The van der Waals surface area contributed by atoms with Crippen LogP contribution in [0.25, 0.3) is 0 Å². The van der Waals surface area contributed by atoms with Crippen molar-refractivity contribution in [3.8, 4) is 0 Å². The van der Waals surface area contributed by atoms with Crippen LogP contribution in [0.15, 0.2) is 72.4 Å². The number of carbonyl (C=O) groups is 1. The summed E-state index contributed by atoms with van der Waals surface area (Å²) in [6, 6.07) is 16.8. The molecule has 1 aromatic heterocycles. The van der Waals surface area contributed by atoms with Gasteiger partial charge in [-0.1, -0.05) is 24.8 Å². The van der Waals surface area contributed by atoms with Crippen molar-refractivity contribution in [3.63, 3.8) is 0 Å². The number of nitrogens with zero attached hydrogens (tertiary/aromatic N) is 4. The summed E-state index contributed by atoms with van der Waals surface area (Å²) in [6.07, 6.45) is 1.59. The van der Waals surface area contributed by atoms with Crippen LogP contribution < -0.4 is 27.0 Å². The highest BCUT2D eigenvalue weighted by molar-refractivity contribution is 6.05. The molecule has 6 N–H and O–H groups in total. The number of aromatic nitrogens is 1. The van der Waals surface area contributed by atoms with Gasteiger partial charge in [-0.25, -0.2) is 9.98 Å². The van der Waals surface area contributed by atoms with Gasteiger partial charge in [0.25, 0.3) is 5.91 Å². The zero-order chi connectivity index (χ0) is 30.3. The molecule has 1 fully saturated rings.